The highest BCUT2D eigenvalue weighted by Crippen LogP contribution is 2.17. The molecule has 1 amide bonds. The molecule has 3 heterocycles. The van der Waals surface area contributed by atoms with E-state index in [-0.39, 0.29) is 5.91 Å². The molecule has 1 N–H and O–H groups in total. The molecule has 4 rings (SSSR count). The number of aromatic nitrogens is 5. The molecule has 0 spiro atoms. The Bertz CT molecular complexity index is 1050. The minimum Gasteiger partial charge on any atom is -0.348 e. The molecule has 0 saturated heterocycles. The van der Waals surface area contributed by atoms with Gasteiger partial charge in [0.15, 0.2) is 0 Å². The second kappa shape index (κ2) is 6.40. The number of rotatable bonds is 4. The normalized spacial score (nSPS) is 10.9. The lowest BCUT2D eigenvalue weighted by molar-refractivity contribution is 0.0951. The molecular weight excluding hydrogens is 336 g/mol. The van der Waals surface area contributed by atoms with E-state index in [2.05, 4.69) is 24.1 Å². The van der Waals surface area contributed by atoms with Crippen molar-refractivity contribution in [3.05, 3.63) is 60.0 Å². The summed E-state index contributed by atoms with van der Waals surface area (Å²) in [5, 5.41) is 7.08. The minimum atomic E-state index is -0.144. The first kappa shape index (κ1) is 15.4. The molecule has 0 unspecified atom stereocenters. The van der Waals surface area contributed by atoms with Crippen LogP contribution in [0.4, 0.5) is 0 Å². The molecule has 4 aromatic rings. The number of nitrogens with one attached hydrogen (secondary N) is 1. The number of nitrogens with zero attached hydrogens (tertiary/aromatic N) is 5. The molecule has 0 radical (unpaired) electrons. The van der Waals surface area contributed by atoms with E-state index in [0.717, 1.165) is 39.6 Å². The summed E-state index contributed by atoms with van der Waals surface area (Å²) in [7, 11) is 1.86. The third kappa shape index (κ3) is 3.24. The highest BCUT2D eigenvalue weighted by Gasteiger charge is 2.09. The van der Waals surface area contributed by atoms with Crippen LogP contribution >= 0.6 is 11.7 Å². The number of pyridine rings is 1. The molecule has 1 aromatic carbocycles. The Labute approximate surface area is 147 Å². The van der Waals surface area contributed by atoms with E-state index in [1.54, 1.807) is 35.3 Å². The maximum atomic E-state index is 12.4. The topological polar surface area (TPSA) is 85.6 Å². The fraction of sp³-hybridized carbons (Fsp3) is 0.118. The zero-order chi connectivity index (χ0) is 17.2. The van der Waals surface area contributed by atoms with Crippen LogP contribution in [0.25, 0.3) is 22.3 Å². The standard InChI is InChI=1S/C17H14N6OS/c1-23-10-13(9-20-23)15-6-11(4-5-18-15)8-19-17(24)12-2-3-14-16(7-12)22-25-21-14/h2-7,9-10H,8H2,1H3,(H,19,24). The van der Waals surface area contributed by atoms with Crippen molar-refractivity contribution in [2.24, 2.45) is 7.05 Å². The number of hydrogen-bond donors (Lipinski definition) is 1. The lowest BCUT2D eigenvalue weighted by Crippen LogP contribution is -2.22. The van der Waals surface area contributed by atoms with Crippen LogP contribution in [0.15, 0.2) is 48.9 Å². The summed E-state index contributed by atoms with van der Waals surface area (Å²) in [6, 6.07) is 9.15. The summed E-state index contributed by atoms with van der Waals surface area (Å²) in [5.41, 5.74) is 4.85. The summed E-state index contributed by atoms with van der Waals surface area (Å²) >= 11 is 1.14. The number of carbonyl (C=O) groups excluding carboxylic acids is 1. The minimum absolute atomic E-state index is 0.144. The second-order valence-corrected chi connectivity index (χ2v) is 6.13. The first-order valence-corrected chi connectivity index (χ1v) is 8.36. The van der Waals surface area contributed by atoms with Crippen LogP contribution in [-0.2, 0) is 13.6 Å². The Morgan fingerprint density at radius 2 is 2.08 bits per heavy atom. The molecule has 8 heteroatoms. The quantitative estimate of drug-likeness (QED) is 0.611. The summed E-state index contributed by atoms with van der Waals surface area (Å²) in [6.45, 7) is 0.419. The van der Waals surface area contributed by atoms with E-state index >= 15 is 0 Å². The van der Waals surface area contributed by atoms with E-state index < -0.39 is 0 Å². The number of amides is 1. The van der Waals surface area contributed by atoms with Gasteiger partial charge in [-0.25, -0.2) is 0 Å². The van der Waals surface area contributed by atoms with Crippen LogP contribution in [0.5, 0.6) is 0 Å². The van der Waals surface area contributed by atoms with E-state index in [1.807, 2.05) is 25.4 Å². The van der Waals surface area contributed by atoms with E-state index in [0.29, 0.717) is 12.1 Å². The van der Waals surface area contributed by atoms with Crippen LogP contribution < -0.4 is 5.32 Å². The Hall–Kier alpha value is -3.13. The van der Waals surface area contributed by atoms with Gasteiger partial charge in [-0.2, -0.15) is 13.8 Å². The molecule has 0 atom stereocenters. The van der Waals surface area contributed by atoms with Crippen molar-refractivity contribution in [2.75, 3.05) is 0 Å². The van der Waals surface area contributed by atoms with Crippen molar-refractivity contribution in [3.63, 3.8) is 0 Å². The van der Waals surface area contributed by atoms with Crippen LogP contribution in [0.2, 0.25) is 0 Å². The van der Waals surface area contributed by atoms with Gasteiger partial charge in [-0.05, 0) is 35.9 Å². The van der Waals surface area contributed by atoms with Gasteiger partial charge in [0.2, 0.25) is 0 Å². The average molecular weight is 350 g/mol. The van der Waals surface area contributed by atoms with Gasteiger partial charge < -0.3 is 5.32 Å². The number of fused-ring (bicyclic) bond motifs is 1. The third-order valence-electron chi connectivity index (χ3n) is 3.79. The number of aryl methyl sites for hydroxylation is 1. The van der Waals surface area contributed by atoms with Crippen molar-refractivity contribution < 1.29 is 4.79 Å². The van der Waals surface area contributed by atoms with Gasteiger partial charge in [-0.1, -0.05) is 0 Å². The lowest BCUT2D eigenvalue weighted by Gasteiger charge is -2.06. The predicted molar refractivity (Wildman–Crippen MR) is 95.0 cm³/mol. The summed E-state index contributed by atoms with van der Waals surface area (Å²) in [4.78, 5) is 16.7. The maximum Gasteiger partial charge on any atom is 0.251 e. The molecule has 0 bridgehead atoms. The summed E-state index contributed by atoms with van der Waals surface area (Å²) < 4.78 is 10.0. The smallest absolute Gasteiger partial charge is 0.251 e. The molecule has 0 saturated carbocycles. The fourth-order valence-corrected chi connectivity index (χ4v) is 3.02. The first-order chi connectivity index (χ1) is 12.2. The van der Waals surface area contributed by atoms with Crippen LogP contribution in [0.1, 0.15) is 15.9 Å². The van der Waals surface area contributed by atoms with E-state index in [1.165, 1.54) is 0 Å². The average Bonchev–Trinajstić information content (AvgIpc) is 3.28. The Kier molecular flexibility index (Phi) is 3.95. The Morgan fingerprint density at radius 1 is 1.20 bits per heavy atom. The predicted octanol–water partition coefficient (Wildman–Crippen LogP) is 2.42. The van der Waals surface area contributed by atoms with Crippen LogP contribution in [0.3, 0.4) is 0 Å². The molecule has 25 heavy (non-hydrogen) atoms. The summed E-state index contributed by atoms with van der Waals surface area (Å²) in [6.07, 6.45) is 5.40. The van der Waals surface area contributed by atoms with Gasteiger partial charge in [-0.3, -0.25) is 14.5 Å². The van der Waals surface area contributed by atoms with Crippen LogP contribution in [0, 0.1) is 0 Å². The fourth-order valence-electron chi connectivity index (χ4n) is 2.50. The molecule has 0 fully saturated rings. The third-order valence-corrected chi connectivity index (χ3v) is 4.35. The highest BCUT2D eigenvalue weighted by molar-refractivity contribution is 7.00. The Balaban J connectivity index is 1.48. The second-order valence-electron chi connectivity index (χ2n) is 5.60. The number of benzene rings is 1. The van der Waals surface area contributed by atoms with Gasteiger partial charge in [0.25, 0.3) is 5.91 Å². The van der Waals surface area contributed by atoms with Crippen molar-refractivity contribution in [1.29, 1.82) is 0 Å². The highest BCUT2D eigenvalue weighted by atomic mass is 32.1. The summed E-state index contributed by atoms with van der Waals surface area (Å²) in [5.74, 6) is -0.144. The largest absolute Gasteiger partial charge is 0.348 e. The molecule has 7 nitrogen and oxygen atoms in total. The number of carbonyl (C=O) groups is 1. The van der Waals surface area contributed by atoms with Gasteiger partial charge >= 0.3 is 0 Å². The van der Waals surface area contributed by atoms with E-state index in [4.69, 9.17) is 0 Å². The molecule has 0 aliphatic carbocycles. The van der Waals surface area contributed by atoms with Gasteiger partial charge in [0.05, 0.1) is 23.6 Å². The molecule has 3 aromatic heterocycles. The molecule has 0 aliphatic rings. The van der Waals surface area contributed by atoms with Crippen molar-refractivity contribution in [1.82, 2.24) is 28.8 Å². The van der Waals surface area contributed by atoms with E-state index in [9.17, 15) is 4.79 Å². The SMILES string of the molecule is Cn1cc(-c2cc(CNC(=O)c3ccc4nsnc4c3)ccn2)cn1. The van der Waals surface area contributed by atoms with Gasteiger partial charge in [0.1, 0.15) is 11.0 Å². The zero-order valence-corrected chi connectivity index (χ0v) is 14.2. The monoisotopic (exact) mass is 350 g/mol. The van der Waals surface area contributed by atoms with Crippen LogP contribution in [-0.4, -0.2) is 29.4 Å². The zero-order valence-electron chi connectivity index (χ0n) is 13.4. The van der Waals surface area contributed by atoms with Gasteiger partial charge in [0, 0.05) is 37.1 Å². The van der Waals surface area contributed by atoms with Crippen molar-refractivity contribution >= 4 is 28.7 Å². The van der Waals surface area contributed by atoms with Crippen molar-refractivity contribution in [3.8, 4) is 11.3 Å². The molecule has 0 aliphatic heterocycles. The number of hydrogen-bond acceptors (Lipinski definition) is 6. The first-order valence-electron chi connectivity index (χ1n) is 7.63. The Morgan fingerprint density at radius 3 is 2.92 bits per heavy atom. The maximum absolute atomic E-state index is 12.4. The molecule has 124 valence electrons. The molecular formula is C17H14N6OS. The lowest BCUT2D eigenvalue weighted by atomic mass is 10.1. The van der Waals surface area contributed by atoms with Crippen molar-refractivity contribution in [2.45, 2.75) is 6.54 Å². The van der Waals surface area contributed by atoms with Gasteiger partial charge in [-0.15, -0.1) is 0 Å².